The Morgan fingerprint density at radius 1 is 1.27 bits per heavy atom. The van der Waals surface area contributed by atoms with Crippen LogP contribution in [-0.2, 0) is 4.79 Å². The Kier molecular flexibility index (Phi) is 6.84. The quantitative estimate of drug-likeness (QED) is 0.880. The number of halogens is 1. The zero-order valence-electron chi connectivity index (χ0n) is 13.3. The standard InChI is InChI=1S/C16H23N3O2.ClH/c1-11-6-12(2)8-14(7-11)16(21)18-9-15(20)19-5-4-17-13(3)10-19;/h6-8,13,17H,4-5,9-10H2,1-3H3,(H,18,21);1H/t13-;/m1./s1. The number of carbonyl (C=O) groups is 2. The van der Waals surface area contributed by atoms with Crippen LogP contribution in [0.25, 0.3) is 0 Å². The van der Waals surface area contributed by atoms with Crippen molar-refractivity contribution in [1.29, 1.82) is 0 Å². The lowest BCUT2D eigenvalue weighted by atomic mass is 10.1. The van der Waals surface area contributed by atoms with Crippen LogP contribution in [0.2, 0.25) is 0 Å². The molecule has 1 heterocycles. The summed E-state index contributed by atoms with van der Waals surface area (Å²) in [5, 5.41) is 6.00. The number of nitrogens with zero attached hydrogens (tertiary/aromatic N) is 1. The van der Waals surface area contributed by atoms with E-state index in [2.05, 4.69) is 10.6 Å². The molecular formula is C16H24ClN3O2. The fourth-order valence-corrected chi connectivity index (χ4v) is 2.63. The lowest BCUT2D eigenvalue weighted by Gasteiger charge is -2.31. The molecule has 2 rings (SSSR count). The van der Waals surface area contributed by atoms with Gasteiger partial charge in [0.1, 0.15) is 0 Å². The Bertz CT molecular complexity index is 528. The molecule has 1 aromatic rings. The summed E-state index contributed by atoms with van der Waals surface area (Å²) >= 11 is 0. The van der Waals surface area contributed by atoms with E-state index >= 15 is 0 Å². The third-order valence-corrected chi connectivity index (χ3v) is 3.61. The maximum atomic E-state index is 12.1. The van der Waals surface area contributed by atoms with E-state index in [0.29, 0.717) is 24.7 Å². The highest BCUT2D eigenvalue weighted by Crippen LogP contribution is 2.08. The van der Waals surface area contributed by atoms with Crippen LogP contribution < -0.4 is 10.6 Å². The van der Waals surface area contributed by atoms with Gasteiger partial charge in [0.15, 0.2) is 0 Å². The molecule has 1 atom stereocenters. The van der Waals surface area contributed by atoms with E-state index in [0.717, 1.165) is 17.7 Å². The molecule has 0 aliphatic carbocycles. The van der Waals surface area contributed by atoms with E-state index in [1.807, 2.05) is 39.0 Å². The maximum absolute atomic E-state index is 12.1. The molecule has 2 N–H and O–H groups in total. The SMILES string of the molecule is Cc1cc(C)cc(C(=O)NCC(=O)N2CCN[C@H](C)C2)c1.Cl. The monoisotopic (exact) mass is 325 g/mol. The minimum atomic E-state index is -0.196. The first kappa shape index (κ1) is 18.5. The molecule has 0 saturated carbocycles. The molecule has 1 aromatic carbocycles. The number of amides is 2. The Morgan fingerprint density at radius 3 is 2.50 bits per heavy atom. The second-order valence-corrected chi connectivity index (χ2v) is 5.75. The molecule has 5 nitrogen and oxygen atoms in total. The molecule has 1 aliphatic heterocycles. The van der Waals surface area contributed by atoms with Gasteiger partial charge >= 0.3 is 0 Å². The molecule has 1 fully saturated rings. The van der Waals surface area contributed by atoms with Gasteiger partial charge in [-0.3, -0.25) is 9.59 Å². The van der Waals surface area contributed by atoms with Crippen LogP contribution in [0.5, 0.6) is 0 Å². The third kappa shape index (κ3) is 5.00. The summed E-state index contributed by atoms with van der Waals surface area (Å²) in [5.41, 5.74) is 2.69. The molecule has 1 aliphatic rings. The summed E-state index contributed by atoms with van der Waals surface area (Å²) in [7, 11) is 0. The molecule has 0 aromatic heterocycles. The number of hydrogen-bond acceptors (Lipinski definition) is 3. The van der Waals surface area contributed by atoms with Crippen molar-refractivity contribution in [2.45, 2.75) is 26.8 Å². The molecule has 0 spiro atoms. The van der Waals surface area contributed by atoms with Crippen molar-refractivity contribution in [2.75, 3.05) is 26.2 Å². The van der Waals surface area contributed by atoms with E-state index in [1.54, 1.807) is 4.90 Å². The Morgan fingerprint density at radius 2 is 1.91 bits per heavy atom. The van der Waals surface area contributed by atoms with Crippen molar-refractivity contribution in [1.82, 2.24) is 15.5 Å². The lowest BCUT2D eigenvalue weighted by molar-refractivity contribution is -0.131. The van der Waals surface area contributed by atoms with Crippen LogP contribution in [0.1, 0.15) is 28.4 Å². The molecule has 22 heavy (non-hydrogen) atoms. The highest BCUT2D eigenvalue weighted by molar-refractivity contribution is 5.96. The Labute approximate surface area is 137 Å². The second-order valence-electron chi connectivity index (χ2n) is 5.75. The summed E-state index contributed by atoms with van der Waals surface area (Å²) in [5.74, 6) is -0.223. The third-order valence-electron chi connectivity index (χ3n) is 3.61. The van der Waals surface area contributed by atoms with Crippen molar-refractivity contribution >= 4 is 24.2 Å². The van der Waals surface area contributed by atoms with E-state index in [9.17, 15) is 9.59 Å². The largest absolute Gasteiger partial charge is 0.343 e. The summed E-state index contributed by atoms with van der Waals surface area (Å²) < 4.78 is 0. The summed E-state index contributed by atoms with van der Waals surface area (Å²) in [6.45, 7) is 8.21. The van der Waals surface area contributed by atoms with Gasteiger partial charge in [0, 0.05) is 31.2 Å². The van der Waals surface area contributed by atoms with Gasteiger partial charge in [-0.25, -0.2) is 0 Å². The van der Waals surface area contributed by atoms with Crippen molar-refractivity contribution in [2.24, 2.45) is 0 Å². The highest BCUT2D eigenvalue weighted by atomic mass is 35.5. The fraction of sp³-hybridized carbons (Fsp3) is 0.500. The van der Waals surface area contributed by atoms with Crippen LogP contribution in [0, 0.1) is 13.8 Å². The van der Waals surface area contributed by atoms with Gasteiger partial charge in [0.25, 0.3) is 5.91 Å². The van der Waals surface area contributed by atoms with E-state index in [-0.39, 0.29) is 30.8 Å². The van der Waals surface area contributed by atoms with Crippen molar-refractivity contribution < 1.29 is 9.59 Å². The number of nitrogens with one attached hydrogen (secondary N) is 2. The molecule has 0 unspecified atom stereocenters. The minimum Gasteiger partial charge on any atom is -0.343 e. The number of benzene rings is 1. The summed E-state index contributed by atoms with van der Waals surface area (Å²) in [6.07, 6.45) is 0. The predicted octanol–water partition coefficient (Wildman–Crippen LogP) is 1.28. The Hall–Kier alpha value is -1.59. The van der Waals surface area contributed by atoms with Gasteiger partial charge < -0.3 is 15.5 Å². The smallest absolute Gasteiger partial charge is 0.251 e. The molecule has 122 valence electrons. The molecule has 0 radical (unpaired) electrons. The number of piperazine rings is 1. The normalized spacial score (nSPS) is 17.6. The summed E-state index contributed by atoms with van der Waals surface area (Å²) in [4.78, 5) is 26.0. The highest BCUT2D eigenvalue weighted by Gasteiger charge is 2.20. The van der Waals surface area contributed by atoms with Crippen LogP contribution in [0.3, 0.4) is 0 Å². The topological polar surface area (TPSA) is 61.4 Å². The van der Waals surface area contributed by atoms with Gasteiger partial charge in [-0.05, 0) is 32.9 Å². The molecular weight excluding hydrogens is 302 g/mol. The summed E-state index contributed by atoms with van der Waals surface area (Å²) in [6, 6.07) is 5.99. The molecule has 0 bridgehead atoms. The maximum Gasteiger partial charge on any atom is 0.251 e. The van der Waals surface area contributed by atoms with E-state index in [4.69, 9.17) is 0 Å². The first-order valence-electron chi connectivity index (χ1n) is 7.33. The Balaban J connectivity index is 0.00000242. The van der Waals surface area contributed by atoms with Gasteiger partial charge in [-0.1, -0.05) is 17.2 Å². The fourth-order valence-electron chi connectivity index (χ4n) is 2.63. The average Bonchev–Trinajstić information content (AvgIpc) is 2.43. The van der Waals surface area contributed by atoms with Crippen molar-refractivity contribution in [3.05, 3.63) is 34.9 Å². The second kappa shape index (κ2) is 8.15. The van der Waals surface area contributed by atoms with Gasteiger partial charge in [0.05, 0.1) is 6.54 Å². The van der Waals surface area contributed by atoms with Crippen molar-refractivity contribution in [3.63, 3.8) is 0 Å². The predicted molar refractivity (Wildman–Crippen MR) is 89.5 cm³/mol. The first-order chi connectivity index (χ1) is 9.95. The van der Waals surface area contributed by atoms with Crippen LogP contribution in [0.15, 0.2) is 18.2 Å². The van der Waals surface area contributed by atoms with Crippen molar-refractivity contribution in [3.8, 4) is 0 Å². The number of rotatable bonds is 3. The number of carbonyl (C=O) groups excluding carboxylic acids is 2. The number of hydrogen-bond donors (Lipinski definition) is 2. The van der Waals surface area contributed by atoms with Gasteiger partial charge in [-0.15, -0.1) is 12.4 Å². The lowest BCUT2D eigenvalue weighted by Crippen LogP contribution is -2.53. The van der Waals surface area contributed by atoms with Gasteiger partial charge in [-0.2, -0.15) is 0 Å². The molecule has 6 heteroatoms. The first-order valence-corrected chi connectivity index (χ1v) is 7.33. The van der Waals surface area contributed by atoms with Gasteiger partial charge in [0.2, 0.25) is 5.91 Å². The zero-order valence-corrected chi connectivity index (χ0v) is 14.1. The number of aryl methyl sites for hydroxylation is 2. The molecule has 1 saturated heterocycles. The zero-order chi connectivity index (χ0) is 15.4. The van der Waals surface area contributed by atoms with Crippen LogP contribution in [0.4, 0.5) is 0 Å². The minimum absolute atomic E-state index is 0. The average molecular weight is 326 g/mol. The van der Waals surface area contributed by atoms with Crippen LogP contribution >= 0.6 is 12.4 Å². The van der Waals surface area contributed by atoms with E-state index < -0.39 is 0 Å². The molecule has 2 amide bonds. The van der Waals surface area contributed by atoms with Crippen LogP contribution in [-0.4, -0.2) is 48.9 Å². The van der Waals surface area contributed by atoms with E-state index in [1.165, 1.54) is 0 Å².